The van der Waals surface area contributed by atoms with Gasteiger partial charge >= 0.3 is 5.69 Å². The Balaban J connectivity index is 2.80. The minimum absolute atomic E-state index is 0.0534. The first-order valence-electron chi connectivity index (χ1n) is 5.50. The molecule has 1 N–H and O–H groups in total. The zero-order valence-electron chi connectivity index (χ0n) is 11.0. The fraction of sp³-hybridized carbons (Fsp3) is 0.500. The van der Waals surface area contributed by atoms with Crippen molar-refractivity contribution in [2.24, 2.45) is 0 Å². The van der Waals surface area contributed by atoms with Crippen LogP contribution < -0.4 is 5.32 Å². The van der Waals surface area contributed by atoms with Crippen LogP contribution in [-0.2, 0) is 10.0 Å². The van der Waals surface area contributed by atoms with Crippen molar-refractivity contribution < 1.29 is 13.3 Å². The molecule has 1 heterocycles. The molecule has 0 atom stereocenters. The highest BCUT2D eigenvalue weighted by Gasteiger charge is 2.19. The van der Waals surface area contributed by atoms with Crippen molar-refractivity contribution in [1.82, 2.24) is 9.29 Å². The summed E-state index contributed by atoms with van der Waals surface area (Å²) in [7, 11) is -0.472. The predicted octanol–water partition coefficient (Wildman–Crippen LogP) is 0.602. The van der Waals surface area contributed by atoms with E-state index in [0.717, 1.165) is 4.31 Å². The average molecular weight is 288 g/mol. The van der Waals surface area contributed by atoms with Gasteiger partial charge in [-0.3, -0.25) is 10.1 Å². The lowest BCUT2D eigenvalue weighted by Gasteiger charge is -2.12. The van der Waals surface area contributed by atoms with Crippen LogP contribution in [0.3, 0.4) is 0 Å². The number of nitro groups is 1. The van der Waals surface area contributed by atoms with Crippen LogP contribution in [0, 0.1) is 17.0 Å². The first-order chi connectivity index (χ1) is 8.75. The molecule has 0 unspecified atom stereocenters. The molecule has 0 aliphatic carbocycles. The third-order valence-corrected chi connectivity index (χ3v) is 4.35. The molecule has 1 rings (SSSR count). The molecule has 0 bridgehead atoms. The number of anilines is 1. The Morgan fingerprint density at radius 3 is 2.63 bits per heavy atom. The molecule has 106 valence electrons. The van der Waals surface area contributed by atoms with Gasteiger partial charge < -0.3 is 5.32 Å². The van der Waals surface area contributed by atoms with Crippen LogP contribution in [0.25, 0.3) is 0 Å². The number of sulfonamides is 1. The Hall–Kier alpha value is -1.74. The molecule has 1 aromatic heterocycles. The fourth-order valence-electron chi connectivity index (χ4n) is 1.39. The lowest BCUT2D eigenvalue weighted by molar-refractivity contribution is -0.384. The smallest absolute Gasteiger partial charge is 0.314 e. The van der Waals surface area contributed by atoms with Gasteiger partial charge in [-0.2, -0.15) is 0 Å². The second kappa shape index (κ2) is 5.93. The number of pyridine rings is 1. The van der Waals surface area contributed by atoms with E-state index in [-0.39, 0.29) is 23.8 Å². The van der Waals surface area contributed by atoms with Crippen molar-refractivity contribution >= 4 is 21.5 Å². The maximum absolute atomic E-state index is 11.5. The molecule has 0 radical (unpaired) electrons. The van der Waals surface area contributed by atoms with Gasteiger partial charge in [0.2, 0.25) is 15.8 Å². The number of nitrogens with zero attached hydrogens (tertiary/aromatic N) is 3. The van der Waals surface area contributed by atoms with Crippen molar-refractivity contribution in [3.8, 4) is 0 Å². The van der Waals surface area contributed by atoms with Gasteiger partial charge in [0.15, 0.2) is 0 Å². The van der Waals surface area contributed by atoms with E-state index >= 15 is 0 Å². The first-order valence-corrected chi connectivity index (χ1v) is 7.10. The SMILES string of the molecule is Cc1ccnc(NCCS(=O)(=O)N(C)C)c1[N+](=O)[O-]. The molecular weight excluding hydrogens is 272 g/mol. The van der Waals surface area contributed by atoms with Gasteiger partial charge in [0.05, 0.1) is 10.7 Å². The molecule has 0 saturated heterocycles. The monoisotopic (exact) mass is 288 g/mol. The maximum atomic E-state index is 11.5. The Morgan fingerprint density at radius 1 is 1.47 bits per heavy atom. The average Bonchev–Trinajstić information content (AvgIpc) is 2.27. The van der Waals surface area contributed by atoms with Crippen LogP contribution in [0.4, 0.5) is 11.5 Å². The normalized spacial score (nSPS) is 11.6. The zero-order valence-corrected chi connectivity index (χ0v) is 11.8. The highest BCUT2D eigenvalue weighted by atomic mass is 32.2. The molecule has 0 fully saturated rings. The van der Waals surface area contributed by atoms with E-state index in [4.69, 9.17) is 0 Å². The molecule has 1 aromatic rings. The molecule has 0 aromatic carbocycles. The third kappa shape index (κ3) is 3.86. The second-order valence-corrected chi connectivity index (χ2v) is 6.41. The van der Waals surface area contributed by atoms with Crippen LogP contribution in [-0.4, -0.2) is 49.0 Å². The molecule has 9 heteroatoms. The van der Waals surface area contributed by atoms with Crippen LogP contribution >= 0.6 is 0 Å². The molecular formula is C10H16N4O4S. The van der Waals surface area contributed by atoms with E-state index in [1.54, 1.807) is 6.92 Å². The summed E-state index contributed by atoms with van der Waals surface area (Å²) in [6.07, 6.45) is 1.44. The first kappa shape index (κ1) is 15.3. The van der Waals surface area contributed by atoms with E-state index in [0.29, 0.717) is 5.56 Å². The van der Waals surface area contributed by atoms with E-state index in [2.05, 4.69) is 10.3 Å². The molecule has 0 amide bonds. The summed E-state index contributed by atoms with van der Waals surface area (Å²) in [5.41, 5.74) is 0.336. The van der Waals surface area contributed by atoms with Crippen molar-refractivity contribution in [3.63, 3.8) is 0 Å². The van der Waals surface area contributed by atoms with E-state index in [9.17, 15) is 18.5 Å². The van der Waals surface area contributed by atoms with Crippen molar-refractivity contribution in [2.75, 3.05) is 31.7 Å². The minimum Gasteiger partial charge on any atom is -0.363 e. The largest absolute Gasteiger partial charge is 0.363 e. The number of hydrogen-bond acceptors (Lipinski definition) is 6. The van der Waals surface area contributed by atoms with Gasteiger partial charge in [-0.25, -0.2) is 17.7 Å². The summed E-state index contributed by atoms with van der Waals surface area (Å²) >= 11 is 0. The number of nitrogens with one attached hydrogen (secondary N) is 1. The molecule has 19 heavy (non-hydrogen) atoms. The lowest BCUT2D eigenvalue weighted by atomic mass is 10.2. The molecule has 0 aliphatic rings. The van der Waals surface area contributed by atoms with Gasteiger partial charge in [-0.1, -0.05) is 0 Å². The number of aromatic nitrogens is 1. The van der Waals surface area contributed by atoms with E-state index in [1.807, 2.05) is 0 Å². The van der Waals surface area contributed by atoms with Gasteiger partial charge in [0.25, 0.3) is 0 Å². The fourth-order valence-corrected chi connectivity index (χ4v) is 2.12. The molecule has 0 spiro atoms. The van der Waals surface area contributed by atoms with Gasteiger partial charge in [-0.15, -0.1) is 0 Å². The van der Waals surface area contributed by atoms with Crippen LogP contribution in [0.2, 0.25) is 0 Å². The summed E-state index contributed by atoms with van der Waals surface area (Å²) in [4.78, 5) is 14.2. The predicted molar refractivity (Wildman–Crippen MR) is 71.6 cm³/mol. The van der Waals surface area contributed by atoms with Crippen LogP contribution in [0.1, 0.15) is 5.56 Å². The summed E-state index contributed by atoms with van der Waals surface area (Å²) in [6.45, 7) is 1.65. The number of rotatable bonds is 6. The van der Waals surface area contributed by atoms with E-state index < -0.39 is 14.9 Å². The minimum atomic E-state index is -3.34. The lowest BCUT2D eigenvalue weighted by Crippen LogP contribution is -2.28. The summed E-state index contributed by atoms with van der Waals surface area (Å²) < 4.78 is 24.2. The van der Waals surface area contributed by atoms with Gasteiger partial charge in [0, 0.05) is 32.4 Å². The number of hydrogen-bond donors (Lipinski definition) is 1. The highest BCUT2D eigenvalue weighted by molar-refractivity contribution is 7.89. The highest BCUT2D eigenvalue weighted by Crippen LogP contribution is 2.25. The standard InChI is InChI=1S/C10H16N4O4S/c1-8-4-5-11-10(9(8)14(15)16)12-6-7-19(17,18)13(2)3/h4-5H,6-7H2,1-3H3,(H,11,12). The Bertz CT molecular complexity index is 571. The Labute approximate surface area is 111 Å². The number of aryl methyl sites for hydroxylation is 1. The molecule has 0 aliphatic heterocycles. The summed E-state index contributed by atoms with van der Waals surface area (Å²) in [5, 5.41) is 13.6. The Kier molecular flexibility index (Phi) is 4.78. The van der Waals surface area contributed by atoms with Crippen molar-refractivity contribution in [3.05, 3.63) is 27.9 Å². The zero-order chi connectivity index (χ0) is 14.6. The van der Waals surface area contributed by atoms with Crippen LogP contribution in [0.5, 0.6) is 0 Å². The molecule has 8 nitrogen and oxygen atoms in total. The third-order valence-electron chi connectivity index (χ3n) is 2.52. The van der Waals surface area contributed by atoms with Crippen molar-refractivity contribution in [2.45, 2.75) is 6.92 Å². The summed E-state index contributed by atoms with van der Waals surface area (Å²) in [5.74, 6) is -0.0776. The van der Waals surface area contributed by atoms with Gasteiger partial charge in [-0.05, 0) is 13.0 Å². The molecule has 0 saturated carbocycles. The topological polar surface area (TPSA) is 105 Å². The maximum Gasteiger partial charge on any atom is 0.314 e. The second-order valence-electron chi connectivity index (χ2n) is 4.11. The van der Waals surface area contributed by atoms with Gasteiger partial charge in [0.1, 0.15) is 0 Å². The summed E-state index contributed by atoms with van der Waals surface area (Å²) in [6, 6.07) is 1.53. The van der Waals surface area contributed by atoms with Crippen LogP contribution in [0.15, 0.2) is 12.3 Å². The Morgan fingerprint density at radius 2 is 2.11 bits per heavy atom. The quantitative estimate of drug-likeness (QED) is 0.607. The van der Waals surface area contributed by atoms with E-state index in [1.165, 1.54) is 26.4 Å². The van der Waals surface area contributed by atoms with Crippen molar-refractivity contribution in [1.29, 1.82) is 0 Å².